The van der Waals surface area contributed by atoms with Crippen molar-refractivity contribution in [1.29, 1.82) is 0 Å². The van der Waals surface area contributed by atoms with Gasteiger partial charge in [0.2, 0.25) is 0 Å². The Morgan fingerprint density at radius 3 is 2.44 bits per heavy atom. The average Bonchev–Trinajstić information content (AvgIpc) is 2.90. The molecule has 1 saturated heterocycles. The van der Waals surface area contributed by atoms with Crippen molar-refractivity contribution in [2.45, 2.75) is 12.6 Å². The molecule has 4 aromatic carbocycles. The van der Waals surface area contributed by atoms with Gasteiger partial charge in [-0.1, -0.05) is 54.6 Å². The Morgan fingerprint density at radius 1 is 0.944 bits per heavy atom. The van der Waals surface area contributed by atoms with E-state index in [9.17, 15) is 4.79 Å². The first-order valence-electron chi connectivity index (χ1n) is 12.1. The number of carbonyl (C=O) groups is 1. The zero-order valence-corrected chi connectivity index (χ0v) is 20.6. The van der Waals surface area contributed by atoms with Gasteiger partial charge in [-0.3, -0.25) is 4.90 Å². The molecule has 0 bridgehead atoms. The van der Waals surface area contributed by atoms with Crippen molar-refractivity contribution in [3.8, 4) is 5.75 Å². The van der Waals surface area contributed by atoms with Gasteiger partial charge in [0.1, 0.15) is 5.75 Å². The van der Waals surface area contributed by atoms with Gasteiger partial charge in [-0.2, -0.15) is 0 Å². The molecule has 1 atom stereocenters. The maximum absolute atomic E-state index is 13.0. The number of nitrogens with one attached hydrogen (secondary N) is 2. The van der Waals surface area contributed by atoms with E-state index in [2.05, 4.69) is 27.7 Å². The van der Waals surface area contributed by atoms with E-state index in [0.717, 1.165) is 46.9 Å². The predicted octanol–water partition coefficient (Wildman–Crippen LogP) is 5.49. The summed E-state index contributed by atoms with van der Waals surface area (Å²) in [6.07, 6.45) is 0.0896. The van der Waals surface area contributed by atoms with E-state index in [1.54, 1.807) is 14.2 Å². The number of hydrogen-bond acceptors (Lipinski definition) is 5. The number of morpholine rings is 1. The van der Waals surface area contributed by atoms with Gasteiger partial charge in [0.15, 0.2) is 0 Å². The van der Waals surface area contributed by atoms with Crippen molar-refractivity contribution in [2.24, 2.45) is 0 Å². The summed E-state index contributed by atoms with van der Waals surface area (Å²) in [5.41, 5.74) is 2.59. The second kappa shape index (κ2) is 11.0. The molecule has 1 heterocycles. The van der Waals surface area contributed by atoms with Crippen LogP contribution in [0, 0.1) is 0 Å². The van der Waals surface area contributed by atoms with Gasteiger partial charge >= 0.3 is 6.03 Å². The summed E-state index contributed by atoms with van der Waals surface area (Å²) >= 11 is 0. The molecule has 2 amide bonds. The van der Waals surface area contributed by atoms with Gasteiger partial charge in [-0.25, -0.2) is 4.79 Å². The SMILES string of the molecule is COCC1CN(Cc2ccc(NC(=O)Nc3cc4ccccc4cc3OC)c3ccccc23)CCO1. The Hall–Kier alpha value is -3.65. The zero-order valence-electron chi connectivity index (χ0n) is 20.6. The lowest BCUT2D eigenvalue weighted by Crippen LogP contribution is -2.43. The van der Waals surface area contributed by atoms with Crippen LogP contribution in [-0.4, -0.2) is 57.6 Å². The molecule has 186 valence electrons. The van der Waals surface area contributed by atoms with Gasteiger partial charge in [-0.15, -0.1) is 0 Å². The first kappa shape index (κ1) is 24.1. The number of methoxy groups -OCH3 is 2. The molecule has 4 aromatic rings. The molecule has 36 heavy (non-hydrogen) atoms. The molecular formula is C29H31N3O4. The number of nitrogens with zero attached hydrogens (tertiary/aromatic N) is 1. The molecule has 0 aliphatic carbocycles. The fourth-order valence-electron chi connectivity index (χ4n) is 4.82. The van der Waals surface area contributed by atoms with E-state index in [4.69, 9.17) is 14.2 Å². The van der Waals surface area contributed by atoms with E-state index >= 15 is 0 Å². The topological polar surface area (TPSA) is 72.1 Å². The lowest BCUT2D eigenvalue weighted by atomic mass is 10.0. The van der Waals surface area contributed by atoms with Crippen molar-refractivity contribution in [3.05, 3.63) is 78.4 Å². The normalized spacial score (nSPS) is 16.2. The fourth-order valence-corrected chi connectivity index (χ4v) is 4.82. The van der Waals surface area contributed by atoms with Crippen LogP contribution >= 0.6 is 0 Å². The number of carbonyl (C=O) groups excluding carboxylic acids is 1. The van der Waals surface area contributed by atoms with Crippen LogP contribution in [0.3, 0.4) is 0 Å². The third-order valence-electron chi connectivity index (χ3n) is 6.55. The van der Waals surface area contributed by atoms with Crippen LogP contribution in [0.4, 0.5) is 16.2 Å². The van der Waals surface area contributed by atoms with Gasteiger partial charge in [0, 0.05) is 32.1 Å². The minimum absolute atomic E-state index is 0.0896. The van der Waals surface area contributed by atoms with Gasteiger partial charge in [-0.05, 0) is 39.9 Å². The first-order chi connectivity index (χ1) is 17.6. The molecule has 5 rings (SSSR count). The zero-order chi connectivity index (χ0) is 24.9. The molecule has 0 radical (unpaired) electrons. The highest BCUT2D eigenvalue weighted by atomic mass is 16.5. The van der Waals surface area contributed by atoms with Crippen LogP contribution < -0.4 is 15.4 Å². The third kappa shape index (κ3) is 5.28. The van der Waals surface area contributed by atoms with Crippen LogP contribution in [0.5, 0.6) is 5.75 Å². The van der Waals surface area contributed by atoms with Crippen LogP contribution in [0.15, 0.2) is 72.8 Å². The summed E-state index contributed by atoms with van der Waals surface area (Å²) in [6, 6.07) is 23.7. The lowest BCUT2D eigenvalue weighted by Gasteiger charge is -2.32. The highest BCUT2D eigenvalue weighted by Crippen LogP contribution is 2.31. The summed E-state index contributed by atoms with van der Waals surface area (Å²) in [5.74, 6) is 0.612. The summed E-state index contributed by atoms with van der Waals surface area (Å²) in [4.78, 5) is 15.4. The highest BCUT2D eigenvalue weighted by Gasteiger charge is 2.21. The summed E-state index contributed by atoms with van der Waals surface area (Å²) in [7, 11) is 3.30. The van der Waals surface area contributed by atoms with Crippen molar-refractivity contribution < 1.29 is 19.0 Å². The second-order valence-electron chi connectivity index (χ2n) is 8.98. The molecule has 0 aromatic heterocycles. The maximum Gasteiger partial charge on any atom is 0.323 e. The smallest absolute Gasteiger partial charge is 0.323 e. The maximum atomic E-state index is 13.0. The van der Waals surface area contributed by atoms with Crippen LogP contribution in [0.1, 0.15) is 5.56 Å². The van der Waals surface area contributed by atoms with E-state index in [-0.39, 0.29) is 12.1 Å². The van der Waals surface area contributed by atoms with Crippen LogP contribution in [0.2, 0.25) is 0 Å². The number of rotatable bonds is 7. The average molecular weight is 486 g/mol. The van der Waals surface area contributed by atoms with Gasteiger partial charge < -0.3 is 24.8 Å². The fraction of sp³-hybridized carbons (Fsp3) is 0.276. The van der Waals surface area contributed by atoms with E-state index in [1.165, 1.54) is 5.56 Å². The van der Waals surface area contributed by atoms with Crippen molar-refractivity contribution in [2.75, 3.05) is 51.2 Å². The lowest BCUT2D eigenvalue weighted by molar-refractivity contribution is -0.0630. The Morgan fingerprint density at radius 2 is 1.67 bits per heavy atom. The highest BCUT2D eigenvalue weighted by molar-refractivity contribution is 6.08. The number of ether oxygens (including phenoxy) is 3. The van der Waals surface area contributed by atoms with E-state index in [0.29, 0.717) is 24.7 Å². The van der Waals surface area contributed by atoms with Crippen LogP contribution in [0.25, 0.3) is 21.5 Å². The number of urea groups is 1. The molecule has 0 saturated carbocycles. The number of hydrogen-bond donors (Lipinski definition) is 2. The molecule has 1 aliphatic rings. The number of anilines is 2. The number of benzene rings is 4. The Bertz CT molecular complexity index is 1370. The predicted molar refractivity (Wildman–Crippen MR) is 144 cm³/mol. The minimum Gasteiger partial charge on any atom is -0.495 e. The second-order valence-corrected chi connectivity index (χ2v) is 8.98. The van der Waals surface area contributed by atoms with E-state index < -0.39 is 0 Å². The Labute approximate surface area is 210 Å². The molecule has 1 aliphatic heterocycles. The molecule has 2 N–H and O–H groups in total. The molecule has 7 heteroatoms. The standard InChI is InChI=1S/C29H31N3O4/c1-34-19-23-18-32(13-14-36-23)17-22-11-12-26(25-10-6-5-9-24(22)25)30-29(33)31-27-15-20-7-3-4-8-21(20)16-28(27)35-2/h3-12,15-16,23H,13-14,17-19H2,1-2H3,(H2,30,31,33). The third-order valence-corrected chi connectivity index (χ3v) is 6.55. The summed E-state index contributed by atoms with van der Waals surface area (Å²) < 4.78 is 16.6. The molecular weight excluding hydrogens is 454 g/mol. The van der Waals surface area contributed by atoms with Crippen molar-refractivity contribution in [3.63, 3.8) is 0 Å². The first-order valence-corrected chi connectivity index (χ1v) is 12.1. The van der Waals surface area contributed by atoms with Crippen LogP contribution in [-0.2, 0) is 16.0 Å². The summed E-state index contributed by atoms with van der Waals surface area (Å²) in [6.45, 7) is 3.81. The van der Waals surface area contributed by atoms with Gasteiger partial charge in [0.25, 0.3) is 0 Å². The summed E-state index contributed by atoms with van der Waals surface area (Å²) in [5, 5.41) is 10.2. The Kier molecular flexibility index (Phi) is 7.32. The van der Waals surface area contributed by atoms with E-state index in [1.807, 2.05) is 60.7 Å². The molecule has 1 fully saturated rings. The van der Waals surface area contributed by atoms with Crippen molar-refractivity contribution in [1.82, 2.24) is 4.90 Å². The molecule has 0 spiro atoms. The minimum atomic E-state index is -0.322. The molecule has 1 unspecified atom stereocenters. The largest absolute Gasteiger partial charge is 0.495 e. The monoisotopic (exact) mass is 485 g/mol. The quantitative estimate of drug-likeness (QED) is 0.362. The van der Waals surface area contributed by atoms with Gasteiger partial charge in [0.05, 0.1) is 37.8 Å². The molecule has 7 nitrogen and oxygen atoms in total. The Balaban J connectivity index is 1.35. The number of fused-ring (bicyclic) bond motifs is 2. The van der Waals surface area contributed by atoms with Crippen molar-refractivity contribution >= 4 is 39.0 Å². The number of amides is 2.